The summed E-state index contributed by atoms with van der Waals surface area (Å²) in [6, 6.07) is 7.69. The normalized spacial score (nSPS) is 12.2. The van der Waals surface area contributed by atoms with Crippen LogP contribution in [0.5, 0.6) is 0 Å². The van der Waals surface area contributed by atoms with Crippen molar-refractivity contribution in [3.05, 3.63) is 35.4 Å². The van der Waals surface area contributed by atoms with Gasteiger partial charge in [-0.1, -0.05) is 50.3 Å². The molecular weight excluding hydrogens is 256 g/mol. The summed E-state index contributed by atoms with van der Waals surface area (Å²) in [5.41, 5.74) is 7.32. The molecule has 0 heterocycles. The number of carbonyl (C=O) groups is 1. The van der Waals surface area contributed by atoms with Crippen molar-refractivity contribution >= 4 is 23.1 Å². The molecule has 0 saturated heterocycles. The molecule has 1 atom stereocenters. The van der Waals surface area contributed by atoms with Crippen LogP contribution in [0.4, 0.5) is 0 Å². The van der Waals surface area contributed by atoms with E-state index in [1.54, 1.807) is 0 Å². The van der Waals surface area contributed by atoms with Gasteiger partial charge in [-0.15, -0.1) is 0 Å². The smallest absolute Gasteiger partial charge is 0.224 e. The van der Waals surface area contributed by atoms with Crippen molar-refractivity contribution in [1.82, 2.24) is 5.32 Å². The van der Waals surface area contributed by atoms with Gasteiger partial charge in [-0.25, -0.2) is 0 Å². The number of hydrogen-bond donors (Lipinski definition) is 2. The SMILES string of the molecule is CC(C)CC(C)NC(=O)Cc1ccc(C(N)=S)cc1. The van der Waals surface area contributed by atoms with Crippen molar-refractivity contribution < 1.29 is 4.79 Å². The molecule has 3 nitrogen and oxygen atoms in total. The third-order valence-corrected chi connectivity index (χ3v) is 3.07. The van der Waals surface area contributed by atoms with E-state index in [0.29, 0.717) is 17.3 Å². The first-order chi connectivity index (χ1) is 8.88. The summed E-state index contributed by atoms with van der Waals surface area (Å²) in [4.78, 5) is 12.2. The van der Waals surface area contributed by atoms with Crippen LogP contribution in [0.3, 0.4) is 0 Å². The third kappa shape index (κ3) is 5.83. The molecule has 1 amide bonds. The summed E-state index contributed by atoms with van der Waals surface area (Å²) in [5.74, 6) is 0.636. The van der Waals surface area contributed by atoms with Crippen molar-refractivity contribution in [2.75, 3.05) is 0 Å². The zero-order valence-corrected chi connectivity index (χ0v) is 12.6. The number of carbonyl (C=O) groups excluding carboxylic acids is 1. The van der Waals surface area contributed by atoms with E-state index in [-0.39, 0.29) is 11.9 Å². The molecule has 4 heteroatoms. The molecule has 0 spiro atoms. The minimum absolute atomic E-state index is 0.0521. The molecule has 0 aliphatic carbocycles. The molecule has 1 unspecified atom stereocenters. The first kappa shape index (κ1) is 15.6. The van der Waals surface area contributed by atoms with Crippen LogP contribution in [-0.2, 0) is 11.2 Å². The first-order valence-electron chi connectivity index (χ1n) is 6.56. The van der Waals surface area contributed by atoms with Gasteiger partial charge in [0.15, 0.2) is 0 Å². The second-order valence-electron chi connectivity index (χ2n) is 5.34. The van der Waals surface area contributed by atoms with Gasteiger partial charge in [-0.3, -0.25) is 4.79 Å². The Morgan fingerprint density at radius 2 is 1.84 bits per heavy atom. The average Bonchev–Trinajstić information content (AvgIpc) is 2.27. The molecule has 0 bridgehead atoms. The summed E-state index contributed by atoms with van der Waals surface area (Å²) in [6.07, 6.45) is 1.38. The standard InChI is InChI=1S/C15H22N2OS/c1-10(2)8-11(3)17-14(18)9-12-4-6-13(7-5-12)15(16)19/h4-7,10-11H,8-9H2,1-3H3,(H2,16,19)(H,17,18). The van der Waals surface area contributed by atoms with Crippen LogP contribution in [0.1, 0.15) is 38.3 Å². The van der Waals surface area contributed by atoms with Crippen molar-refractivity contribution in [1.29, 1.82) is 0 Å². The maximum atomic E-state index is 11.9. The molecule has 0 aliphatic heterocycles. The molecule has 0 fully saturated rings. The Hall–Kier alpha value is -1.42. The van der Waals surface area contributed by atoms with Crippen molar-refractivity contribution in [3.63, 3.8) is 0 Å². The molecule has 0 aromatic heterocycles. The predicted octanol–water partition coefficient (Wildman–Crippen LogP) is 2.41. The Morgan fingerprint density at radius 3 is 2.32 bits per heavy atom. The molecule has 1 aromatic rings. The lowest BCUT2D eigenvalue weighted by Crippen LogP contribution is -2.34. The Balaban J connectivity index is 2.50. The summed E-state index contributed by atoms with van der Waals surface area (Å²) in [5, 5.41) is 3.01. The monoisotopic (exact) mass is 278 g/mol. The number of hydrogen-bond acceptors (Lipinski definition) is 2. The van der Waals surface area contributed by atoms with Gasteiger partial charge in [0.05, 0.1) is 6.42 Å². The summed E-state index contributed by atoms with van der Waals surface area (Å²) in [6.45, 7) is 6.34. The molecule has 19 heavy (non-hydrogen) atoms. The van der Waals surface area contributed by atoms with E-state index in [0.717, 1.165) is 17.5 Å². The van der Waals surface area contributed by atoms with E-state index in [4.69, 9.17) is 18.0 Å². The molecular formula is C15H22N2OS. The number of amides is 1. The lowest BCUT2D eigenvalue weighted by atomic mass is 10.0. The fourth-order valence-corrected chi connectivity index (χ4v) is 2.20. The largest absolute Gasteiger partial charge is 0.389 e. The average molecular weight is 278 g/mol. The van der Waals surface area contributed by atoms with Crippen molar-refractivity contribution in [3.8, 4) is 0 Å². The van der Waals surface area contributed by atoms with Crippen LogP contribution in [0.2, 0.25) is 0 Å². The highest BCUT2D eigenvalue weighted by molar-refractivity contribution is 7.80. The number of benzene rings is 1. The van der Waals surface area contributed by atoms with Crippen LogP contribution in [0.15, 0.2) is 24.3 Å². The van der Waals surface area contributed by atoms with Gasteiger partial charge in [-0.2, -0.15) is 0 Å². The predicted molar refractivity (Wildman–Crippen MR) is 83.1 cm³/mol. The van der Waals surface area contributed by atoms with E-state index >= 15 is 0 Å². The fourth-order valence-electron chi connectivity index (χ4n) is 2.06. The summed E-state index contributed by atoms with van der Waals surface area (Å²) >= 11 is 4.89. The van der Waals surface area contributed by atoms with Crippen LogP contribution in [-0.4, -0.2) is 16.9 Å². The lowest BCUT2D eigenvalue weighted by molar-refractivity contribution is -0.121. The molecule has 104 valence electrons. The second-order valence-corrected chi connectivity index (χ2v) is 5.78. The van der Waals surface area contributed by atoms with Crippen molar-refractivity contribution in [2.45, 2.75) is 39.7 Å². The van der Waals surface area contributed by atoms with Crippen molar-refractivity contribution in [2.24, 2.45) is 11.7 Å². The highest BCUT2D eigenvalue weighted by atomic mass is 32.1. The highest BCUT2D eigenvalue weighted by Crippen LogP contribution is 2.07. The third-order valence-electron chi connectivity index (χ3n) is 2.84. The van der Waals surface area contributed by atoms with E-state index in [1.165, 1.54) is 0 Å². The Morgan fingerprint density at radius 1 is 1.26 bits per heavy atom. The number of rotatable bonds is 6. The molecule has 1 aromatic carbocycles. The van der Waals surface area contributed by atoms with Crippen LogP contribution in [0.25, 0.3) is 0 Å². The maximum Gasteiger partial charge on any atom is 0.224 e. The van der Waals surface area contributed by atoms with Gasteiger partial charge in [0.2, 0.25) is 5.91 Å². The van der Waals surface area contributed by atoms with E-state index in [2.05, 4.69) is 19.2 Å². The highest BCUT2D eigenvalue weighted by Gasteiger charge is 2.09. The molecule has 0 aliphatic rings. The number of nitrogens with one attached hydrogen (secondary N) is 1. The van der Waals surface area contributed by atoms with Gasteiger partial charge in [0.1, 0.15) is 4.99 Å². The number of thiocarbonyl (C=S) groups is 1. The second kappa shape index (κ2) is 7.24. The topological polar surface area (TPSA) is 55.1 Å². The first-order valence-corrected chi connectivity index (χ1v) is 6.97. The Bertz CT molecular complexity index is 440. The molecule has 1 rings (SSSR count). The van der Waals surface area contributed by atoms with Gasteiger partial charge in [0, 0.05) is 11.6 Å². The van der Waals surface area contributed by atoms with Crippen LogP contribution in [0, 0.1) is 5.92 Å². The fraction of sp³-hybridized carbons (Fsp3) is 0.467. The Labute approximate surface area is 120 Å². The summed E-state index contributed by atoms with van der Waals surface area (Å²) < 4.78 is 0. The van der Waals surface area contributed by atoms with E-state index in [9.17, 15) is 4.79 Å². The number of nitrogens with two attached hydrogens (primary N) is 1. The van der Waals surface area contributed by atoms with Gasteiger partial charge < -0.3 is 11.1 Å². The zero-order valence-electron chi connectivity index (χ0n) is 11.8. The minimum atomic E-state index is 0.0521. The van der Waals surface area contributed by atoms with E-state index in [1.807, 2.05) is 31.2 Å². The lowest BCUT2D eigenvalue weighted by Gasteiger charge is -2.16. The molecule has 0 saturated carbocycles. The molecule has 0 radical (unpaired) electrons. The zero-order chi connectivity index (χ0) is 14.4. The molecule has 3 N–H and O–H groups in total. The van der Waals surface area contributed by atoms with Gasteiger partial charge in [-0.05, 0) is 24.8 Å². The van der Waals surface area contributed by atoms with Gasteiger partial charge >= 0.3 is 0 Å². The van der Waals surface area contributed by atoms with Crippen LogP contribution >= 0.6 is 12.2 Å². The Kier molecular flexibility index (Phi) is 5.96. The summed E-state index contributed by atoms with van der Waals surface area (Å²) in [7, 11) is 0. The maximum absolute atomic E-state index is 11.9. The quantitative estimate of drug-likeness (QED) is 0.786. The van der Waals surface area contributed by atoms with E-state index < -0.39 is 0 Å². The minimum Gasteiger partial charge on any atom is -0.389 e. The van der Waals surface area contributed by atoms with Gasteiger partial charge in [0.25, 0.3) is 0 Å². The van der Waals surface area contributed by atoms with Crippen LogP contribution < -0.4 is 11.1 Å².